The summed E-state index contributed by atoms with van der Waals surface area (Å²) < 4.78 is 0.0548. The van der Waals surface area contributed by atoms with Gasteiger partial charge in [-0.05, 0) is 33.8 Å². The molecule has 0 aliphatic rings. The lowest BCUT2D eigenvalue weighted by molar-refractivity contribution is 0.448. The third-order valence-corrected chi connectivity index (χ3v) is 3.53. The van der Waals surface area contributed by atoms with E-state index in [4.69, 9.17) is 0 Å². The molecular formula is C9H7BrN2O2S. The van der Waals surface area contributed by atoms with Crippen molar-refractivity contribution < 1.29 is 5.11 Å². The van der Waals surface area contributed by atoms with Crippen molar-refractivity contribution in [3.8, 4) is 17.3 Å². The smallest absolute Gasteiger partial charge is 0.269 e. The highest BCUT2D eigenvalue weighted by Crippen LogP contribution is 2.25. The zero-order chi connectivity index (χ0) is 11.0. The molecule has 2 aromatic rings. The monoisotopic (exact) mass is 286 g/mol. The first-order valence-electron chi connectivity index (χ1n) is 4.11. The van der Waals surface area contributed by atoms with Gasteiger partial charge in [-0.25, -0.2) is 0 Å². The van der Waals surface area contributed by atoms with Crippen LogP contribution in [0, 0.1) is 6.92 Å². The zero-order valence-electron chi connectivity index (χ0n) is 7.74. The van der Waals surface area contributed by atoms with Crippen molar-refractivity contribution in [2.75, 3.05) is 0 Å². The van der Waals surface area contributed by atoms with E-state index in [1.807, 2.05) is 17.7 Å². The summed E-state index contributed by atoms with van der Waals surface area (Å²) in [6.07, 6.45) is 0. The maximum Gasteiger partial charge on any atom is 0.269 e. The summed E-state index contributed by atoms with van der Waals surface area (Å²) >= 11 is 4.46. The average molecular weight is 287 g/mol. The van der Waals surface area contributed by atoms with E-state index in [0.29, 0.717) is 5.82 Å². The van der Waals surface area contributed by atoms with Crippen molar-refractivity contribution in [1.29, 1.82) is 0 Å². The molecule has 0 unspecified atom stereocenters. The minimum atomic E-state index is -0.386. The summed E-state index contributed by atoms with van der Waals surface area (Å²) in [6.45, 7) is 1.92. The average Bonchev–Trinajstić information content (AvgIpc) is 2.60. The number of hydrogen-bond donors (Lipinski definition) is 2. The summed E-state index contributed by atoms with van der Waals surface area (Å²) in [4.78, 5) is 17.9. The minimum absolute atomic E-state index is 0.0548. The molecule has 0 aliphatic heterocycles. The molecule has 6 heteroatoms. The van der Waals surface area contributed by atoms with Gasteiger partial charge in [0, 0.05) is 10.9 Å². The number of halogens is 1. The topological polar surface area (TPSA) is 66.0 Å². The van der Waals surface area contributed by atoms with Gasteiger partial charge < -0.3 is 10.1 Å². The van der Waals surface area contributed by atoms with E-state index in [2.05, 4.69) is 25.9 Å². The maximum absolute atomic E-state index is 11.4. The van der Waals surface area contributed by atoms with Gasteiger partial charge in [-0.3, -0.25) is 4.79 Å². The van der Waals surface area contributed by atoms with Gasteiger partial charge in [-0.1, -0.05) is 0 Å². The quantitative estimate of drug-likeness (QED) is 0.845. The number of nitrogens with one attached hydrogen (secondary N) is 1. The maximum atomic E-state index is 11.4. The van der Waals surface area contributed by atoms with Crippen molar-refractivity contribution >= 4 is 27.3 Å². The number of rotatable bonds is 1. The molecule has 0 atom stereocenters. The number of aryl methyl sites for hydroxylation is 1. The Morgan fingerprint density at radius 2 is 2.27 bits per heavy atom. The van der Waals surface area contributed by atoms with Crippen LogP contribution >= 0.6 is 27.3 Å². The first-order valence-corrected chi connectivity index (χ1v) is 5.85. The van der Waals surface area contributed by atoms with Gasteiger partial charge in [0.2, 0.25) is 5.88 Å². The van der Waals surface area contributed by atoms with Crippen LogP contribution in [0.5, 0.6) is 5.88 Å². The van der Waals surface area contributed by atoms with Crippen LogP contribution in [0.2, 0.25) is 0 Å². The molecule has 0 spiro atoms. The predicted molar refractivity (Wildman–Crippen MR) is 62.3 cm³/mol. The van der Waals surface area contributed by atoms with E-state index < -0.39 is 0 Å². The fourth-order valence-corrected chi connectivity index (χ4v) is 2.20. The fourth-order valence-electron chi connectivity index (χ4n) is 1.18. The van der Waals surface area contributed by atoms with E-state index in [9.17, 15) is 9.90 Å². The highest BCUT2D eigenvalue weighted by molar-refractivity contribution is 9.10. The number of thiophene rings is 1. The van der Waals surface area contributed by atoms with E-state index in [1.165, 1.54) is 11.3 Å². The summed E-state index contributed by atoms with van der Waals surface area (Å²) in [5.74, 6) is 0.0961. The summed E-state index contributed by atoms with van der Waals surface area (Å²) in [6, 6.07) is 0. The summed E-state index contributed by atoms with van der Waals surface area (Å²) in [7, 11) is 0. The van der Waals surface area contributed by atoms with Crippen LogP contribution in [0.4, 0.5) is 0 Å². The molecule has 0 aliphatic carbocycles. The number of nitrogens with zero attached hydrogens (tertiary/aromatic N) is 1. The van der Waals surface area contributed by atoms with Gasteiger partial charge in [0.05, 0.1) is 0 Å². The molecule has 0 saturated carbocycles. The van der Waals surface area contributed by atoms with E-state index >= 15 is 0 Å². The number of H-pyrrole nitrogens is 1. The molecule has 78 valence electrons. The number of aromatic amines is 1. The Kier molecular flexibility index (Phi) is 2.62. The van der Waals surface area contributed by atoms with Gasteiger partial charge in [-0.15, -0.1) is 0 Å². The van der Waals surface area contributed by atoms with Gasteiger partial charge in [-0.2, -0.15) is 16.3 Å². The molecule has 4 nitrogen and oxygen atoms in total. The number of hydrogen-bond acceptors (Lipinski definition) is 4. The van der Waals surface area contributed by atoms with Crippen LogP contribution in [-0.4, -0.2) is 15.1 Å². The standard InChI is InChI=1S/C9H7BrN2O2S/c1-4-2-15-3-5(4)7-11-8(13)6(10)9(14)12-7/h2-3H,1H3,(H2,11,12,13,14). The van der Waals surface area contributed by atoms with Gasteiger partial charge >= 0.3 is 0 Å². The molecule has 0 bridgehead atoms. The Balaban J connectivity index is 2.66. The van der Waals surface area contributed by atoms with E-state index in [1.54, 1.807) is 0 Å². The summed E-state index contributed by atoms with van der Waals surface area (Å²) in [5.41, 5.74) is 1.47. The van der Waals surface area contributed by atoms with Gasteiger partial charge in [0.1, 0.15) is 10.3 Å². The van der Waals surface area contributed by atoms with Crippen LogP contribution in [0.3, 0.4) is 0 Å². The lowest BCUT2D eigenvalue weighted by Gasteiger charge is -2.01. The Morgan fingerprint density at radius 3 is 2.80 bits per heavy atom. The Labute approximate surface area is 97.8 Å². The summed E-state index contributed by atoms with van der Waals surface area (Å²) in [5, 5.41) is 13.2. The van der Waals surface area contributed by atoms with Crippen molar-refractivity contribution in [2.45, 2.75) is 6.92 Å². The molecule has 0 saturated heterocycles. The van der Waals surface area contributed by atoms with E-state index in [0.717, 1.165) is 11.1 Å². The highest BCUT2D eigenvalue weighted by atomic mass is 79.9. The largest absolute Gasteiger partial charge is 0.492 e. The minimum Gasteiger partial charge on any atom is -0.492 e. The third kappa shape index (κ3) is 1.82. The van der Waals surface area contributed by atoms with Crippen LogP contribution < -0.4 is 5.56 Å². The Morgan fingerprint density at radius 1 is 1.53 bits per heavy atom. The fraction of sp³-hybridized carbons (Fsp3) is 0.111. The van der Waals surface area contributed by atoms with Crippen LogP contribution in [0.25, 0.3) is 11.4 Å². The van der Waals surface area contributed by atoms with Gasteiger partial charge in [0.15, 0.2) is 0 Å². The first kappa shape index (κ1) is 10.4. The molecule has 0 fully saturated rings. The zero-order valence-corrected chi connectivity index (χ0v) is 10.1. The SMILES string of the molecule is Cc1cscc1-c1nc(O)c(Br)c(=O)[nH]1. The van der Waals surface area contributed by atoms with Crippen LogP contribution in [0.15, 0.2) is 20.0 Å². The number of aromatic hydroxyl groups is 1. The van der Waals surface area contributed by atoms with Crippen molar-refractivity contribution in [2.24, 2.45) is 0 Å². The predicted octanol–water partition coefficient (Wildman–Crippen LogP) is 2.27. The second-order valence-corrected chi connectivity index (χ2v) is 4.56. The molecule has 2 heterocycles. The van der Waals surface area contributed by atoms with Gasteiger partial charge in [0.25, 0.3) is 5.56 Å². The molecule has 0 aromatic carbocycles. The molecular weight excluding hydrogens is 280 g/mol. The molecule has 2 aromatic heterocycles. The highest BCUT2D eigenvalue weighted by Gasteiger charge is 2.10. The van der Waals surface area contributed by atoms with Crippen molar-refractivity contribution in [1.82, 2.24) is 9.97 Å². The molecule has 15 heavy (non-hydrogen) atoms. The normalized spacial score (nSPS) is 10.5. The molecule has 0 radical (unpaired) electrons. The van der Waals surface area contributed by atoms with Crippen LogP contribution in [0.1, 0.15) is 5.56 Å². The second-order valence-electron chi connectivity index (χ2n) is 3.02. The lowest BCUT2D eigenvalue weighted by Crippen LogP contribution is -2.09. The van der Waals surface area contributed by atoms with Crippen LogP contribution in [-0.2, 0) is 0 Å². The van der Waals surface area contributed by atoms with Crippen molar-refractivity contribution in [3.05, 3.63) is 31.2 Å². The van der Waals surface area contributed by atoms with Crippen molar-refractivity contribution in [3.63, 3.8) is 0 Å². The third-order valence-electron chi connectivity index (χ3n) is 1.96. The molecule has 2 N–H and O–H groups in total. The molecule has 0 amide bonds. The molecule has 2 rings (SSSR count). The van der Waals surface area contributed by atoms with E-state index in [-0.39, 0.29) is 15.9 Å². The Bertz CT molecular complexity index is 561. The lowest BCUT2D eigenvalue weighted by atomic mass is 10.2. The Hall–Kier alpha value is -1.14. The first-order chi connectivity index (χ1) is 7.09. The second kappa shape index (κ2) is 3.79. The number of aromatic nitrogens is 2.